The third-order valence-corrected chi connectivity index (χ3v) is 2.90. The van der Waals surface area contributed by atoms with Gasteiger partial charge >= 0.3 is 17.9 Å². The number of hydrogen-bond donors (Lipinski definition) is 1. The van der Waals surface area contributed by atoms with E-state index in [-0.39, 0.29) is 13.2 Å². The second-order valence-corrected chi connectivity index (χ2v) is 6.25. The Morgan fingerprint density at radius 1 is 0.864 bits per heavy atom. The molecule has 0 aliphatic rings. The fraction of sp³-hybridized carbons (Fsp3) is 0.714. The van der Waals surface area contributed by atoms with Crippen LogP contribution in [0, 0.1) is 10.8 Å². The second kappa shape index (κ2) is 9.40. The topological polar surface area (TPSA) is 107 Å². The molecule has 22 heavy (non-hydrogen) atoms. The predicted octanol–water partition coefficient (Wildman–Crippen LogP) is 2.00. The molecule has 0 aromatic rings. The van der Waals surface area contributed by atoms with Crippen LogP contribution in [0.2, 0.25) is 0 Å². The van der Waals surface area contributed by atoms with Gasteiger partial charge in [-0.25, -0.2) is 0 Å². The van der Waals surface area contributed by atoms with E-state index in [1.165, 1.54) is 27.7 Å². The minimum absolute atomic E-state index is 0.0324. The lowest BCUT2D eigenvalue weighted by Gasteiger charge is -2.17. The first kappa shape index (κ1) is 22.6. The van der Waals surface area contributed by atoms with E-state index in [4.69, 9.17) is 16.7 Å². The van der Waals surface area contributed by atoms with Gasteiger partial charge in [-0.1, -0.05) is 0 Å². The van der Waals surface area contributed by atoms with Crippen molar-refractivity contribution in [3.05, 3.63) is 0 Å². The van der Waals surface area contributed by atoms with Crippen LogP contribution in [0.3, 0.4) is 0 Å². The number of carboxylic acids is 1. The molecule has 0 rings (SSSR count). The molecule has 0 spiro atoms. The minimum Gasteiger partial charge on any atom is -0.481 e. The largest absolute Gasteiger partial charge is 0.481 e. The van der Waals surface area contributed by atoms with E-state index >= 15 is 0 Å². The molecule has 0 amide bonds. The molecule has 8 heteroatoms. The summed E-state index contributed by atoms with van der Waals surface area (Å²) >= 11 is 5.22. The maximum Gasteiger partial charge on any atom is 0.312 e. The quantitative estimate of drug-likeness (QED) is 0.583. The standard InChI is InChI=1S/C7H11ClO3.C7H12O4/c1-5(9)11-4-7(2,3)6(8)10;1-5(8)11-4-7(2,3)6(9)10/h4H2,1-3H3;4H2,1-3H3,(H,9,10). The van der Waals surface area contributed by atoms with Crippen LogP contribution in [0.25, 0.3) is 0 Å². The van der Waals surface area contributed by atoms with Gasteiger partial charge in [-0.2, -0.15) is 0 Å². The zero-order chi connectivity index (χ0) is 18.1. The van der Waals surface area contributed by atoms with E-state index in [2.05, 4.69) is 9.47 Å². The lowest BCUT2D eigenvalue weighted by Crippen LogP contribution is -2.30. The van der Waals surface area contributed by atoms with Crippen molar-refractivity contribution < 1.29 is 33.8 Å². The number of ether oxygens (including phenoxy) is 2. The van der Waals surface area contributed by atoms with Gasteiger partial charge in [-0.05, 0) is 39.3 Å². The van der Waals surface area contributed by atoms with Gasteiger partial charge in [-0.3, -0.25) is 19.2 Å². The Balaban J connectivity index is 0. The molecule has 0 aliphatic carbocycles. The van der Waals surface area contributed by atoms with E-state index in [1.807, 2.05) is 0 Å². The van der Waals surface area contributed by atoms with Gasteiger partial charge in [0.05, 0.1) is 10.8 Å². The number of carbonyl (C=O) groups excluding carboxylic acids is 3. The molecule has 7 nitrogen and oxygen atoms in total. The third kappa shape index (κ3) is 11.1. The summed E-state index contributed by atoms with van der Waals surface area (Å²) in [5.41, 5.74) is -1.78. The zero-order valence-electron chi connectivity index (χ0n) is 13.7. The number of carbonyl (C=O) groups is 4. The van der Waals surface area contributed by atoms with E-state index in [9.17, 15) is 19.2 Å². The van der Waals surface area contributed by atoms with Crippen LogP contribution in [-0.2, 0) is 28.7 Å². The molecule has 0 unspecified atom stereocenters. The van der Waals surface area contributed by atoms with Crippen molar-refractivity contribution in [1.82, 2.24) is 0 Å². The number of rotatable bonds is 6. The molecule has 128 valence electrons. The second-order valence-electron chi connectivity index (χ2n) is 5.91. The maximum absolute atomic E-state index is 10.7. The molecule has 0 radical (unpaired) electrons. The van der Waals surface area contributed by atoms with Crippen molar-refractivity contribution in [1.29, 1.82) is 0 Å². The smallest absolute Gasteiger partial charge is 0.312 e. The first-order chi connectivity index (χ1) is 9.72. The molecule has 0 heterocycles. The van der Waals surface area contributed by atoms with Crippen LogP contribution in [0.4, 0.5) is 0 Å². The summed E-state index contributed by atoms with van der Waals surface area (Å²) in [5, 5.41) is 8.06. The predicted molar refractivity (Wildman–Crippen MR) is 79.3 cm³/mol. The highest BCUT2D eigenvalue weighted by molar-refractivity contribution is 6.64. The van der Waals surface area contributed by atoms with Gasteiger partial charge in [0.15, 0.2) is 0 Å². The van der Waals surface area contributed by atoms with Crippen molar-refractivity contribution in [3.8, 4) is 0 Å². The van der Waals surface area contributed by atoms with Crippen LogP contribution in [0.1, 0.15) is 41.5 Å². The maximum atomic E-state index is 10.7. The number of halogens is 1. The third-order valence-electron chi connectivity index (χ3n) is 2.38. The van der Waals surface area contributed by atoms with Crippen molar-refractivity contribution in [2.24, 2.45) is 10.8 Å². The Hall–Kier alpha value is -1.63. The van der Waals surface area contributed by atoms with Crippen molar-refractivity contribution in [2.45, 2.75) is 41.5 Å². The number of hydrogen-bond acceptors (Lipinski definition) is 6. The number of esters is 2. The van der Waals surface area contributed by atoms with Crippen LogP contribution in [0.5, 0.6) is 0 Å². The molecular formula is C14H23ClO7. The van der Waals surface area contributed by atoms with Gasteiger partial charge in [-0.15, -0.1) is 0 Å². The summed E-state index contributed by atoms with van der Waals surface area (Å²) in [6.45, 7) is 8.71. The molecule has 0 aromatic heterocycles. The van der Waals surface area contributed by atoms with Crippen molar-refractivity contribution in [2.75, 3.05) is 13.2 Å². The summed E-state index contributed by atoms with van der Waals surface area (Å²) in [6, 6.07) is 0. The van der Waals surface area contributed by atoms with E-state index in [1.54, 1.807) is 13.8 Å². The first-order valence-electron chi connectivity index (χ1n) is 6.42. The lowest BCUT2D eigenvalue weighted by atomic mass is 9.95. The Morgan fingerprint density at radius 3 is 1.41 bits per heavy atom. The fourth-order valence-corrected chi connectivity index (χ4v) is 0.737. The fourth-order valence-electron chi connectivity index (χ4n) is 0.683. The highest BCUT2D eigenvalue weighted by Gasteiger charge is 2.28. The van der Waals surface area contributed by atoms with Crippen LogP contribution in [0.15, 0.2) is 0 Å². The summed E-state index contributed by atoms with van der Waals surface area (Å²) < 4.78 is 9.17. The molecule has 1 N–H and O–H groups in total. The Bertz CT molecular complexity index is 387. The highest BCUT2D eigenvalue weighted by atomic mass is 35.5. The van der Waals surface area contributed by atoms with Gasteiger partial charge < -0.3 is 14.6 Å². The van der Waals surface area contributed by atoms with Crippen LogP contribution < -0.4 is 0 Å². The van der Waals surface area contributed by atoms with Gasteiger partial charge in [0.25, 0.3) is 0 Å². The SMILES string of the molecule is CC(=O)OCC(C)(C)C(=O)Cl.CC(=O)OCC(C)(C)C(=O)O. The molecule has 0 atom stereocenters. The highest BCUT2D eigenvalue weighted by Crippen LogP contribution is 2.19. The van der Waals surface area contributed by atoms with Crippen LogP contribution in [-0.4, -0.2) is 41.5 Å². The van der Waals surface area contributed by atoms with E-state index in [0.717, 1.165) is 0 Å². The average Bonchev–Trinajstić information content (AvgIpc) is 2.34. The molecule has 0 fully saturated rings. The molecule has 0 bridgehead atoms. The summed E-state index contributed by atoms with van der Waals surface area (Å²) in [4.78, 5) is 41.7. The summed E-state index contributed by atoms with van der Waals surface area (Å²) in [5.74, 6) is -1.84. The lowest BCUT2D eigenvalue weighted by molar-refractivity contribution is -0.155. The molecule has 0 saturated carbocycles. The first-order valence-corrected chi connectivity index (χ1v) is 6.80. The van der Waals surface area contributed by atoms with Crippen molar-refractivity contribution in [3.63, 3.8) is 0 Å². The molecule has 0 saturated heterocycles. The van der Waals surface area contributed by atoms with E-state index < -0.39 is 34.0 Å². The summed E-state index contributed by atoms with van der Waals surface area (Å²) in [7, 11) is 0. The molecule has 0 aromatic carbocycles. The average molecular weight is 339 g/mol. The van der Waals surface area contributed by atoms with E-state index in [0.29, 0.717) is 0 Å². The molecular weight excluding hydrogens is 316 g/mol. The van der Waals surface area contributed by atoms with Gasteiger partial charge in [0.2, 0.25) is 5.24 Å². The van der Waals surface area contributed by atoms with Gasteiger partial charge in [0, 0.05) is 13.8 Å². The minimum atomic E-state index is -0.994. The summed E-state index contributed by atoms with van der Waals surface area (Å²) in [6.07, 6.45) is 0. The number of aliphatic carboxylic acids is 1. The Morgan fingerprint density at radius 2 is 1.18 bits per heavy atom. The zero-order valence-corrected chi connectivity index (χ0v) is 14.4. The molecule has 0 aliphatic heterocycles. The number of carboxylic acid groups (broad SMARTS) is 1. The monoisotopic (exact) mass is 338 g/mol. The van der Waals surface area contributed by atoms with Crippen molar-refractivity contribution >= 4 is 34.8 Å². The Labute approximate surface area is 134 Å². The normalized spacial score (nSPS) is 10.9. The Kier molecular flexibility index (Phi) is 9.68. The van der Waals surface area contributed by atoms with Crippen LogP contribution >= 0.6 is 11.6 Å². The van der Waals surface area contributed by atoms with Gasteiger partial charge in [0.1, 0.15) is 13.2 Å².